The van der Waals surface area contributed by atoms with Gasteiger partial charge < -0.3 is 15.5 Å². The van der Waals surface area contributed by atoms with E-state index in [1.807, 2.05) is 30.3 Å². The summed E-state index contributed by atoms with van der Waals surface area (Å²) in [5.74, 6) is 0.0703. The smallest absolute Gasteiger partial charge is 0.332 e. The van der Waals surface area contributed by atoms with Crippen molar-refractivity contribution in [2.24, 2.45) is 5.73 Å². The van der Waals surface area contributed by atoms with Gasteiger partial charge in [0.1, 0.15) is 17.9 Å². The van der Waals surface area contributed by atoms with E-state index in [0.717, 1.165) is 5.56 Å². The molecule has 10 heteroatoms. The molecule has 0 unspecified atom stereocenters. The van der Waals surface area contributed by atoms with E-state index in [4.69, 9.17) is 33.7 Å². The molecule has 1 amide bonds. The molecule has 0 aliphatic carbocycles. The zero-order valence-corrected chi connectivity index (χ0v) is 19.5. The molecule has 0 bridgehead atoms. The SMILES string of the molecule is NC(=O)c1nc(-c2ccc(OCc3ccccc3)cc2)nc2c1[nH]c(=O)n2-c1ccc(Cl)c(Cl)c1. The highest BCUT2D eigenvalue weighted by Crippen LogP contribution is 2.27. The summed E-state index contributed by atoms with van der Waals surface area (Å²) in [6, 6.07) is 21.6. The van der Waals surface area contributed by atoms with Crippen LogP contribution in [0.1, 0.15) is 16.1 Å². The molecule has 0 spiro atoms. The maximum Gasteiger partial charge on any atom is 0.332 e. The van der Waals surface area contributed by atoms with E-state index >= 15 is 0 Å². The zero-order chi connectivity index (χ0) is 24.5. The van der Waals surface area contributed by atoms with Crippen molar-refractivity contribution in [3.63, 3.8) is 0 Å². The molecule has 2 aromatic heterocycles. The van der Waals surface area contributed by atoms with Crippen molar-refractivity contribution in [2.45, 2.75) is 6.61 Å². The second kappa shape index (κ2) is 9.25. The van der Waals surface area contributed by atoms with Gasteiger partial charge in [0.15, 0.2) is 17.2 Å². The van der Waals surface area contributed by atoms with Gasteiger partial charge in [-0.15, -0.1) is 0 Å². The quantitative estimate of drug-likeness (QED) is 0.345. The first-order valence-electron chi connectivity index (χ1n) is 10.5. The van der Waals surface area contributed by atoms with Crippen molar-refractivity contribution in [1.82, 2.24) is 19.5 Å². The third-order valence-electron chi connectivity index (χ3n) is 5.29. The Morgan fingerprint density at radius 2 is 1.71 bits per heavy atom. The maximum absolute atomic E-state index is 12.8. The van der Waals surface area contributed by atoms with Gasteiger partial charge in [0.05, 0.1) is 15.7 Å². The van der Waals surface area contributed by atoms with E-state index in [2.05, 4.69) is 15.0 Å². The van der Waals surface area contributed by atoms with Crippen molar-refractivity contribution in [3.05, 3.63) is 105 Å². The predicted octanol–water partition coefficient (Wildman–Crippen LogP) is 4.76. The number of nitrogens with two attached hydrogens (primary N) is 1. The summed E-state index contributed by atoms with van der Waals surface area (Å²) in [6.07, 6.45) is 0. The zero-order valence-electron chi connectivity index (χ0n) is 18.0. The second-order valence-corrected chi connectivity index (χ2v) is 8.44. The van der Waals surface area contributed by atoms with Crippen LogP contribution in [0.3, 0.4) is 0 Å². The number of nitrogens with one attached hydrogen (secondary N) is 1. The molecular formula is C25H17Cl2N5O3. The number of aromatic nitrogens is 4. The molecule has 0 fully saturated rings. The highest BCUT2D eigenvalue weighted by Gasteiger charge is 2.20. The number of fused-ring (bicyclic) bond motifs is 1. The Balaban J connectivity index is 1.56. The number of carbonyl (C=O) groups excluding carboxylic acids is 1. The number of imidazole rings is 1. The van der Waals surface area contributed by atoms with Crippen LogP contribution in [-0.2, 0) is 6.61 Å². The Kier molecular flexibility index (Phi) is 5.98. The molecule has 35 heavy (non-hydrogen) atoms. The van der Waals surface area contributed by atoms with E-state index in [0.29, 0.717) is 28.6 Å². The van der Waals surface area contributed by atoms with Crippen molar-refractivity contribution in [2.75, 3.05) is 0 Å². The molecule has 8 nitrogen and oxygen atoms in total. The number of hydrogen-bond acceptors (Lipinski definition) is 5. The first-order chi connectivity index (χ1) is 16.9. The number of rotatable bonds is 6. The van der Waals surface area contributed by atoms with Crippen LogP contribution in [-0.4, -0.2) is 25.4 Å². The Hall–Kier alpha value is -4.14. The molecule has 0 saturated carbocycles. The molecule has 174 valence electrons. The largest absolute Gasteiger partial charge is 0.489 e. The highest BCUT2D eigenvalue weighted by molar-refractivity contribution is 6.42. The number of ether oxygens (including phenoxy) is 1. The van der Waals surface area contributed by atoms with Crippen molar-refractivity contribution < 1.29 is 9.53 Å². The number of aromatic amines is 1. The predicted molar refractivity (Wildman–Crippen MR) is 134 cm³/mol. The number of amides is 1. The van der Waals surface area contributed by atoms with Crippen LogP contribution in [0.2, 0.25) is 10.0 Å². The van der Waals surface area contributed by atoms with Gasteiger partial charge >= 0.3 is 5.69 Å². The fraction of sp³-hybridized carbons (Fsp3) is 0.0400. The maximum atomic E-state index is 12.8. The van der Waals surface area contributed by atoms with Gasteiger partial charge in [0, 0.05) is 5.56 Å². The minimum Gasteiger partial charge on any atom is -0.489 e. The molecule has 5 rings (SSSR count). The van der Waals surface area contributed by atoms with Crippen LogP contribution < -0.4 is 16.2 Å². The average Bonchev–Trinajstić information content (AvgIpc) is 3.20. The summed E-state index contributed by atoms with van der Waals surface area (Å²) in [4.78, 5) is 36.4. The highest BCUT2D eigenvalue weighted by atomic mass is 35.5. The summed E-state index contributed by atoms with van der Waals surface area (Å²) in [7, 11) is 0. The van der Waals surface area contributed by atoms with Crippen LogP contribution in [0, 0.1) is 0 Å². The molecule has 0 aliphatic heterocycles. The van der Waals surface area contributed by atoms with E-state index in [1.54, 1.807) is 36.4 Å². The number of H-pyrrole nitrogens is 1. The lowest BCUT2D eigenvalue weighted by Crippen LogP contribution is -2.15. The number of benzene rings is 3. The summed E-state index contributed by atoms with van der Waals surface area (Å²) in [5.41, 5.74) is 7.30. The van der Waals surface area contributed by atoms with Gasteiger partial charge in [-0.25, -0.2) is 19.3 Å². The molecule has 0 radical (unpaired) electrons. The van der Waals surface area contributed by atoms with Crippen molar-refractivity contribution >= 4 is 40.3 Å². The first-order valence-corrected chi connectivity index (χ1v) is 11.2. The van der Waals surface area contributed by atoms with Gasteiger partial charge in [-0.05, 0) is 48.0 Å². The minimum atomic E-state index is -0.802. The van der Waals surface area contributed by atoms with Gasteiger partial charge in [-0.1, -0.05) is 53.5 Å². The van der Waals surface area contributed by atoms with Crippen LogP contribution in [0.5, 0.6) is 5.75 Å². The number of halogens is 2. The van der Waals surface area contributed by atoms with Crippen LogP contribution >= 0.6 is 23.2 Å². The second-order valence-electron chi connectivity index (χ2n) is 7.62. The Morgan fingerprint density at radius 1 is 0.971 bits per heavy atom. The monoisotopic (exact) mass is 505 g/mol. The normalized spacial score (nSPS) is 11.0. The van der Waals surface area contributed by atoms with E-state index in [9.17, 15) is 9.59 Å². The molecule has 3 N–H and O–H groups in total. The van der Waals surface area contributed by atoms with Gasteiger partial charge in [0.2, 0.25) is 0 Å². The van der Waals surface area contributed by atoms with E-state index < -0.39 is 11.6 Å². The molecule has 0 atom stereocenters. The number of nitrogens with zero attached hydrogens (tertiary/aromatic N) is 3. The number of primary amides is 1. The third-order valence-corrected chi connectivity index (χ3v) is 6.03. The standard InChI is InChI=1S/C25H17Cl2N5O3/c26-18-11-8-16(12-19(18)27)32-24-21(30-25(32)34)20(22(28)33)29-23(31-24)15-6-9-17(10-7-15)35-13-14-4-2-1-3-5-14/h1-12H,13H2,(H2,28,33)(H,30,34). The molecule has 5 aromatic rings. The van der Waals surface area contributed by atoms with E-state index in [-0.39, 0.29) is 27.7 Å². The average molecular weight is 506 g/mol. The summed E-state index contributed by atoms with van der Waals surface area (Å²) in [5, 5.41) is 0.604. The number of carbonyl (C=O) groups is 1. The van der Waals surface area contributed by atoms with E-state index in [1.165, 1.54) is 10.6 Å². The fourth-order valence-corrected chi connectivity index (χ4v) is 3.89. The van der Waals surface area contributed by atoms with Crippen molar-refractivity contribution in [1.29, 1.82) is 0 Å². The lowest BCUT2D eigenvalue weighted by atomic mass is 10.2. The molecule has 2 heterocycles. The summed E-state index contributed by atoms with van der Waals surface area (Å²) < 4.78 is 7.11. The Labute approximate surface area is 208 Å². The third kappa shape index (κ3) is 4.49. The molecular weight excluding hydrogens is 489 g/mol. The van der Waals surface area contributed by atoms with Crippen LogP contribution in [0.15, 0.2) is 77.6 Å². The van der Waals surface area contributed by atoms with Gasteiger partial charge in [-0.2, -0.15) is 0 Å². The topological polar surface area (TPSA) is 116 Å². The van der Waals surface area contributed by atoms with Crippen LogP contribution in [0.4, 0.5) is 0 Å². The summed E-state index contributed by atoms with van der Waals surface area (Å²) in [6.45, 7) is 0.424. The van der Waals surface area contributed by atoms with Gasteiger partial charge in [0.25, 0.3) is 5.91 Å². The minimum absolute atomic E-state index is 0.106. The lowest BCUT2D eigenvalue weighted by Gasteiger charge is -2.09. The Morgan fingerprint density at radius 3 is 2.40 bits per heavy atom. The van der Waals surface area contributed by atoms with Crippen molar-refractivity contribution in [3.8, 4) is 22.8 Å². The Bertz CT molecular complexity index is 1610. The first kappa shape index (κ1) is 22.6. The van der Waals surface area contributed by atoms with Gasteiger partial charge in [-0.3, -0.25) is 4.79 Å². The molecule has 3 aromatic carbocycles. The fourth-order valence-electron chi connectivity index (χ4n) is 3.60. The number of hydrogen-bond donors (Lipinski definition) is 2. The molecule has 0 saturated heterocycles. The summed E-state index contributed by atoms with van der Waals surface area (Å²) >= 11 is 12.2. The van der Waals surface area contributed by atoms with Crippen LogP contribution in [0.25, 0.3) is 28.2 Å². The molecule has 0 aliphatic rings. The lowest BCUT2D eigenvalue weighted by molar-refractivity contribution is 0.0997.